The molecule has 0 spiro atoms. The molecule has 2 aliphatic carbocycles. The molecular formula is C27H39Cl2N9O4S. The van der Waals surface area contributed by atoms with Crippen molar-refractivity contribution in [2.45, 2.75) is 93.3 Å². The minimum absolute atomic E-state index is 0. The van der Waals surface area contributed by atoms with Crippen LogP contribution in [0.2, 0.25) is 0 Å². The highest BCUT2D eigenvalue weighted by Gasteiger charge is 2.37. The van der Waals surface area contributed by atoms with E-state index in [0.29, 0.717) is 49.3 Å². The summed E-state index contributed by atoms with van der Waals surface area (Å²) < 4.78 is 30.3. The van der Waals surface area contributed by atoms with Gasteiger partial charge in [0.1, 0.15) is 5.52 Å². The van der Waals surface area contributed by atoms with E-state index in [1.165, 1.54) is 41.4 Å². The second-order valence-electron chi connectivity index (χ2n) is 11.5. The van der Waals surface area contributed by atoms with E-state index in [9.17, 15) is 18.5 Å². The second kappa shape index (κ2) is 13.5. The molecule has 3 fully saturated rings. The molecule has 13 nitrogen and oxygen atoms in total. The summed E-state index contributed by atoms with van der Waals surface area (Å²) >= 11 is 0. The Morgan fingerprint density at radius 1 is 0.907 bits per heavy atom. The maximum Gasteiger partial charge on any atom is 0.269 e. The molecule has 1 aromatic carbocycles. The van der Waals surface area contributed by atoms with E-state index in [4.69, 9.17) is 21.4 Å². The fourth-order valence-electron chi connectivity index (χ4n) is 6.75. The average Bonchev–Trinajstić information content (AvgIpc) is 3.65. The zero-order valence-corrected chi connectivity index (χ0v) is 26.3. The van der Waals surface area contributed by atoms with Crippen LogP contribution in [-0.4, -0.2) is 68.4 Å². The van der Waals surface area contributed by atoms with Gasteiger partial charge in [-0.15, -0.1) is 24.8 Å². The highest BCUT2D eigenvalue weighted by molar-refractivity contribution is 7.89. The Bertz CT molecular complexity index is 1520. The van der Waals surface area contributed by atoms with Crippen molar-refractivity contribution in [3.05, 3.63) is 40.7 Å². The minimum atomic E-state index is -3.78. The number of nitro groups is 1. The van der Waals surface area contributed by atoms with Crippen LogP contribution in [0.4, 0.5) is 17.5 Å². The van der Waals surface area contributed by atoms with Crippen molar-refractivity contribution in [2.24, 2.45) is 5.73 Å². The number of nitrogen functional groups attached to an aromatic ring is 1. The zero-order valence-electron chi connectivity index (χ0n) is 23.8. The Morgan fingerprint density at radius 2 is 1.51 bits per heavy atom. The fraction of sp³-hybridized carbons (Fsp3) is 0.593. The number of aromatic nitrogens is 4. The van der Waals surface area contributed by atoms with Crippen LogP contribution < -0.4 is 16.4 Å². The molecule has 0 radical (unpaired) electrons. The summed E-state index contributed by atoms with van der Waals surface area (Å²) in [5, 5.41) is 11.0. The molecule has 0 amide bonds. The van der Waals surface area contributed by atoms with Gasteiger partial charge in [0.25, 0.3) is 5.69 Å². The first-order valence-corrected chi connectivity index (χ1v) is 15.9. The van der Waals surface area contributed by atoms with Gasteiger partial charge in [-0.25, -0.2) is 13.4 Å². The molecule has 0 atom stereocenters. The third kappa shape index (κ3) is 6.53. The van der Waals surface area contributed by atoms with Gasteiger partial charge >= 0.3 is 0 Å². The summed E-state index contributed by atoms with van der Waals surface area (Å²) in [5.41, 5.74) is 13.9. The Kier molecular flexibility index (Phi) is 10.4. The molecule has 2 saturated carbocycles. The van der Waals surface area contributed by atoms with Crippen molar-refractivity contribution >= 4 is 63.5 Å². The van der Waals surface area contributed by atoms with Gasteiger partial charge in [0.05, 0.1) is 16.1 Å². The molecular weight excluding hydrogens is 617 g/mol. The lowest BCUT2D eigenvalue weighted by Gasteiger charge is -2.44. The van der Waals surface area contributed by atoms with Crippen LogP contribution in [0.15, 0.2) is 35.5 Å². The number of rotatable bonds is 7. The molecule has 2 aromatic heterocycles. The van der Waals surface area contributed by atoms with Crippen molar-refractivity contribution in [3.8, 4) is 0 Å². The molecule has 3 aliphatic rings. The Balaban J connectivity index is 0.00000212. The van der Waals surface area contributed by atoms with Crippen molar-refractivity contribution in [2.75, 3.05) is 23.7 Å². The first-order valence-electron chi connectivity index (χ1n) is 14.5. The topological polar surface area (TPSA) is 179 Å². The SMILES string of the molecule is Cl.Cl.Nc1nc(N(C2CCN(S(=O)(=O)c3ccc([N+](=O)[O-])cc3)CC2)[C@H]2CC[C@H](N)CC2)nc2c1ncn2C1CCCC1. The number of halogens is 2. The standard InChI is InChI=1S/C27H37N9O4S.2ClH/c28-18-5-7-20(8-6-18)35(27-31-25(29)24-26(32-27)34(17-30-24)19-3-1-2-4-19)21-13-15-33(16-14-21)41(39,40)23-11-9-22(10-12-23)36(37)38;;/h9-12,17-21H,1-8,13-16,28H2,(H2,29,31,32);2*1H/t18-,20-;;. The third-order valence-corrected chi connectivity index (χ3v) is 10.9. The molecule has 236 valence electrons. The van der Waals surface area contributed by atoms with Gasteiger partial charge < -0.3 is 20.9 Å². The van der Waals surface area contributed by atoms with E-state index in [0.717, 1.165) is 44.2 Å². The number of anilines is 2. The third-order valence-electron chi connectivity index (χ3n) is 9.02. The zero-order chi connectivity index (χ0) is 28.7. The number of benzene rings is 1. The van der Waals surface area contributed by atoms with Crippen LogP contribution in [-0.2, 0) is 10.0 Å². The molecule has 1 aliphatic heterocycles. The van der Waals surface area contributed by atoms with Crippen LogP contribution in [0.5, 0.6) is 0 Å². The molecule has 3 heterocycles. The Hall–Kier alpha value is -2.78. The number of non-ortho nitro benzene ring substituents is 1. The van der Waals surface area contributed by atoms with E-state index in [2.05, 4.69) is 14.5 Å². The molecule has 3 aromatic rings. The predicted molar refractivity (Wildman–Crippen MR) is 169 cm³/mol. The van der Waals surface area contributed by atoms with Crippen LogP contribution in [0.25, 0.3) is 11.2 Å². The van der Waals surface area contributed by atoms with Gasteiger partial charge in [0.2, 0.25) is 16.0 Å². The highest BCUT2D eigenvalue weighted by Crippen LogP contribution is 2.36. The Labute approximate surface area is 263 Å². The summed E-state index contributed by atoms with van der Waals surface area (Å²) in [6.07, 6.45) is 11.2. The number of piperidine rings is 1. The van der Waals surface area contributed by atoms with Gasteiger partial charge in [0.15, 0.2) is 11.5 Å². The van der Waals surface area contributed by atoms with Crippen LogP contribution in [0.1, 0.15) is 70.3 Å². The van der Waals surface area contributed by atoms with Crippen molar-refractivity contribution < 1.29 is 13.3 Å². The minimum Gasteiger partial charge on any atom is -0.382 e. The predicted octanol–water partition coefficient (Wildman–Crippen LogP) is 4.21. The molecule has 0 bridgehead atoms. The van der Waals surface area contributed by atoms with Gasteiger partial charge in [0, 0.05) is 49.4 Å². The number of hydrogen-bond acceptors (Lipinski definition) is 10. The summed E-state index contributed by atoms with van der Waals surface area (Å²) in [4.78, 5) is 27.2. The normalized spacial score (nSPS) is 22.2. The maximum absolute atomic E-state index is 13.4. The van der Waals surface area contributed by atoms with Gasteiger partial charge in [-0.3, -0.25) is 10.1 Å². The maximum atomic E-state index is 13.4. The quantitative estimate of drug-likeness (QED) is 0.276. The summed E-state index contributed by atoms with van der Waals surface area (Å²) in [5.74, 6) is 0.935. The largest absolute Gasteiger partial charge is 0.382 e. The molecule has 6 rings (SSSR count). The lowest BCUT2D eigenvalue weighted by molar-refractivity contribution is -0.384. The molecule has 1 saturated heterocycles. The average molecular weight is 657 g/mol. The first kappa shape index (κ1) is 33.1. The smallest absolute Gasteiger partial charge is 0.269 e. The number of fused-ring (bicyclic) bond motifs is 1. The van der Waals surface area contributed by atoms with E-state index in [1.807, 2.05) is 6.33 Å². The van der Waals surface area contributed by atoms with Crippen molar-refractivity contribution in [1.82, 2.24) is 23.8 Å². The van der Waals surface area contributed by atoms with E-state index in [-0.39, 0.29) is 53.5 Å². The van der Waals surface area contributed by atoms with Crippen molar-refractivity contribution in [1.29, 1.82) is 0 Å². The van der Waals surface area contributed by atoms with Gasteiger partial charge in [-0.1, -0.05) is 12.8 Å². The number of sulfonamides is 1. The first-order chi connectivity index (χ1) is 19.7. The highest BCUT2D eigenvalue weighted by atomic mass is 35.5. The van der Waals surface area contributed by atoms with Gasteiger partial charge in [-0.2, -0.15) is 14.3 Å². The monoisotopic (exact) mass is 655 g/mol. The van der Waals surface area contributed by atoms with Crippen LogP contribution in [0.3, 0.4) is 0 Å². The summed E-state index contributed by atoms with van der Waals surface area (Å²) in [6.45, 7) is 0.648. The van der Waals surface area contributed by atoms with Crippen LogP contribution >= 0.6 is 24.8 Å². The fourth-order valence-corrected chi connectivity index (χ4v) is 8.22. The number of nitro benzene ring substituents is 1. The lowest BCUT2D eigenvalue weighted by atomic mass is 9.89. The summed E-state index contributed by atoms with van der Waals surface area (Å²) in [6, 6.07) is 5.80. The number of nitrogens with zero attached hydrogens (tertiary/aromatic N) is 7. The van der Waals surface area contributed by atoms with E-state index < -0.39 is 14.9 Å². The Morgan fingerprint density at radius 3 is 2.12 bits per heavy atom. The van der Waals surface area contributed by atoms with Crippen molar-refractivity contribution in [3.63, 3.8) is 0 Å². The molecule has 43 heavy (non-hydrogen) atoms. The molecule has 0 unspecified atom stereocenters. The van der Waals surface area contributed by atoms with Crippen LogP contribution in [0, 0.1) is 10.1 Å². The van der Waals surface area contributed by atoms with E-state index in [1.54, 1.807) is 0 Å². The molecule has 16 heteroatoms. The second-order valence-corrected chi connectivity index (χ2v) is 13.5. The number of imidazole rings is 1. The molecule has 4 N–H and O–H groups in total. The lowest BCUT2D eigenvalue weighted by Crippen LogP contribution is -2.52. The van der Waals surface area contributed by atoms with E-state index >= 15 is 0 Å². The number of hydrogen-bond donors (Lipinski definition) is 2. The number of nitrogens with two attached hydrogens (primary N) is 2. The van der Waals surface area contributed by atoms with Gasteiger partial charge in [-0.05, 0) is 63.5 Å². The summed E-state index contributed by atoms with van der Waals surface area (Å²) in [7, 11) is -3.78.